The van der Waals surface area contributed by atoms with Gasteiger partial charge < -0.3 is 24.3 Å². The van der Waals surface area contributed by atoms with E-state index in [1.807, 2.05) is 0 Å². The molecule has 0 unspecified atom stereocenters. The van der Waals surface area contributed by atoms with E-state index in [0.717, 1.165) is 0 Å². The van der Waals surface area contributed by atoms with Crippen LogP contribution in [0, 0.1) is 0 Å². The summed E-state index contributed by atoms with van der Waals surface area (Å²) >= 11 is 0. The van der Waals surface area contributed by atoms with Crippen molar-refractivity contribution in [2.24, 2.45) is 0 Å². The third-order valence-corrected chi connectivity index (χ3v) is 6.90. The Morgan fingerprint density at radius 2 is 1.53 bits per heavy atom. The van der Waals surface area contributed by atoms with Crippen molar-refractivity contribution in [3.05, 3.63) is 48.5 Å². The van der Waals surface area contributed by atoms with Gasteiger partial charge in [0.05, 0.1) is 31.3 Å². The van der Waals surface area contributed by atoms with E-state index in [4.69, 9.17) is 18.9 Å². The fraction of sp³-hybridized carbons (Fsp3) is 0.364. The number of rotatable bonds is 7. The fourth-order valence-electron chi connectivity index (χ4n) is 3.81. The van der Waals surface area contributed by atoms with E-state index in [2.05, 4.69) is 15.4 Å². The Morgan fingerprint density at radius 3 is 2.18 bits per heavy atom. The van der Waals surface area contributed by atoms with Crippen molar-refractivity contribution in [2.75, 3.05) is 31.0 Å². The first-order chi connectivity index (χ1) is 16.2. The summed E-state index contributed by atoms with van der Waals surface area (Å²) in [6.07, 6.45) is -2.57. The predicted molar refractivity (Wildman–Crippen MR) is 121 cm³/mol. The molecule has 4 atom stereocenters. The molecule has 0 aromatic heterocycles. The Bertz CT molecular complexity index is 1140. The first-order valence-corrected chi connectivity index (χ1v) is 12.0. The molecule has 2 aliphatic rings. The minimum Gasteiger partial charge on any atom is -0.497 e. The number of carbonyl (C=O) groups is 2. The molecule has 34 heavy (non-hydrogen) atoms. The van der Waals surface area contributed by atoms with Gasteiger partial charge in [0.2, 0.25) is 15.9 Å². The number of sulfonamides is 1. The maximum Gasteiger partial charge on any atom is 0.412 e. The lowest BCUT2D eigenvalue weighted by Gasteiger charge is -2.18. The Hall–Kier alpha value is -3.19. The predicted octanol–water partition coefficient (Wildman–Crippen LogP) is 1.72. The van der Waals surface area contributed by atoms with Gasteiger partial charge in [-0.05, 0) is 48.5 Å². The smallest absolute Gasteiger partial charge is 0.412 e. The summed E-state index contributed by atoms with van der Waals surface area (Å²) in [4.78, 5) is 23.5. The number of nitrogens with one attached hydrogen (secondary N) is 3. The third-order valence-electron chi connectivity index (χ3n) is 5.39. The highest BCUT2D eigenvalue weighted by atomic mass is 32.2. The molecule has 2 aliphatic heterocycles. The molecule has 0 saturated carbocycles. The minimum atomic E-state index is -3.87. The number of amides is 2. The van der Waals surface area contributed by atoms with E-state index in [1.165, 1.54) is 31.2 Å². The molecule has 0 spiro atoms. The molecule has 11 nitrogen and oxygen atoms in total. The van der Waals surface area contributed by atoms with Gasteiger partial charge in [0.25, 0.3) is 0 Å². The molecule has 2 amide bonds. The molecule has 182 valence electrons. The van der Waals surface area contributed by atoms with E-state index >= 15 is 0 Å². The maximum atomic E-state index is 12.8. The summed E-state index contributed by atoms with van der Waals surface area (Å²) in [6.45, 7) is 1.51. The lowest BCUT2D eigenvalue weighted by atomic mass is 10.1. The van der Waals surface area contributed by atoms with Crippen LogP contribution in [-0.4, -0.2) is 65.1 Å². The summed E-state index contributed by atoms with van der Waals surface area (Å²) in [5.74, 6) is 0.401. The largest absolute Gasteiger partial charge is 0.497 e. The quantitative estimate of drug-likeness (QED) is 0.532. The Balaban J connectivity index is 1.33. The van der Waals surface area contributed by atoms with Gasteiger partial charge in [-0.25, -0.2) is 17.9 Å². The van der Waals surface area contributed by atoms with Crippen LogP contribution in [0.25, 0.3) is 0 Å². The van der Waals surface area contributed by atoms with E-state index in [0.29, 0.717) is 17.1 Å². The zero-order valence-corrected chi connectivity index (χ0v) is 19.3. The van der Waals surface area contributed by atoms with Gasteiger partial charge in [0.15, 0.2) is 6.10 Å². The van der Waals surface area contributed by atoms with Crippen LogP contribution in [0.3, 0.4) is 0 Å². The second kappa shape index (κ2) is 9.97. The maximum absolute atomic E-state index is 12.8. The van der Waals surface area contributed by atoms with Crippen LogP contribution in [0.4, 0.5) is 16.2 Å². The molecule has 0 aliphatic carbocycles. The molecular formula is C22H25N3O8S. The lowest BCUT2D eigenvalue weighted by molar-refractivity contribution is -0.114. The molecule has 12 heteroatoms. The van der Waals surface area contributed by atoms with Crippen molar-refractivity contribution in [2.45, 2.75) is 36.2 Å². The molecule has 0 bridgehead atoms. The third kappa shape index (κ3) is 5.47. The van der Waals surface area contributed by atoms with Gasteiger partial charge in [0, 0.05) is 18.3 Å². The Labute approximate surface area is 196 Å². The summed E-state index contributed by atoms with van der Waals surface area (Å²) in [5.41, 5.74) is 1.02. The number of methoxy groups -OCH3 is 1. The van der Waals surface area contributed by atoms with Gasteiger partial charge in [-0.2, -0.15) is 0 Å². The number of carbonyl (C=O) groups excluding carboxylic acids is 2. The van der Waals surface area contributed by atoms with Crippen LogP contribution < -0.4 is 20.1 Å². The monoisotopic (exact) mass is 491 g/mol. The van der Waals surface area contributed by atoms with E-state index < -0.39 is 40.5 Å². The van der Waals surface area contributed by atoms with Crippen LogP contribution in [-0.2, 0) is 29.0 Å². The molecule has 2 aromatic carbocycles. The van der Waals surface area contributed by atoms with E-state index in [9.17, 15) is 18.0 Å². The van der Waals surface area contributed by atoms with Gasteiger partial charge >= 0.3 is 6.09 Å². The Kier molecular flexibility index (Phi) is 7.03. The second-order valence-electron chi connectivity index (χ2n) is 7.83. The van der Waals surface area contributed by atoms with Crippen LogP contribution >= 0.6 is 0 Å². The fourth-order valence-corrected chi connectivity index (χ4v) is 5.04. The molecule has 2 heterocycles. The second-order valence-corrected chi connectivity index (χ2v) is 9.54. The summed E-state index contributed by atoms with van der Waals surface area (Å²) in [6, 6.07) is 11.9. The molecular weight excluding hydrogens is 466 g/mol. The van der Waals surface area contributed by atoms with Crippen LogP contribution in [0.15, 0.2) is 53.4 Å². The molecule has 3 N–H and O–H groups in total. The number of benzene rings is 2. The average molecular weight is 492 g/mol. The number of ether oxygens (including phenoxy) is 4. The van der Waals surface area contributed by atoms with Crippen molar-refractivity contribution in [1.82, 2.24) is 4.72 Å². The van der Waals surface area contributed by atoms with E-state index in [-0.39, 0.29) is 24.0 Å². The first kappa shape index (κ1) is 24.0. The highest BCUT2D eigenvalue weighted by Crippen LogP contribution is 2.30. The number of fused-ring (bicyclic) bond motifs is 1. The average Bonchev–Trinajstić information content (AvgIpc) is 3.37. The summed E-state index contributed by atoms with van der Waals surface area (Å²) in [5, 5.41) is 5.20. The summed E-state index contributed by atoms with van der Waals surface area (Å²) < 4.78 is 50.1. The summed E-state index contributed by atoms with van der Waals surface area (Å²) in [7, 11) is -2.32. The van der Waals surface area contributed by atoms with E-state index in [1.54, 1.807) is 31.4 Å². The lowest BCUT2D eigenvalue weighted by Crippen LogP contribution is -2.44. The van der Waals surface area contributed by atoms with Gasteiger partial charge in [0.1, 0.15) is 18.0 Å². The normalized spacial score (nSPS) is 23.7. The van der Waals surface area contributed by atoms with Gasteiger partial charge in [-0.3, -0.25) is 10.1 Å². The first-order valence-electron chi connectivity index (χ1n) is 10.5. The van der Waals surface area contributed by atoms with Gasteiger partial charge in [-0.15, -0.1) is 0 Å². The number of hydrogen-bond acceptors (Lipinski definition) is 8. The van der Waals surface area contributed by atoms with Gasteiger partial charge in [-0.1, -0.05) is 0 Å². The highest BCUT2D eigenvalue weighted by Gasteiger charge is 2.50. The number of hydrogen-bond donors (Lipinski definition) is 3. The van der Waals surface area contributed by atoms with Crippen LogP contribution in [0.5, 0.6) is 5.75 Å². The zero-order chi connectivity index (χ0) is 24.3. The molecule has 2 aromatic rings. The van der Waals surface area contributed by atoms with Crippen molar-refractivity contribution in [3.8, 4) is 5.75 Å². The standard InChI is InChI=1S/C22H25N3O8S/c1-13(26)23-14-5-9-17(10-6-14)34(28,29)25-18-11-31-21-19(12-32-20(18)21)33-22(27)24-15-3-7-16(30-2)8-4-15/h3-10,18-21,25H,11-12H2,1-2H3,(H,23,26)(H,24,27)/t18-,19-,20-,21+/m1/s1. The van der Waals surface area contributed by atoms with Crippen LogP contribution in [0.1, 0.15) is 6.92 Å². The van der Waals surface area contributed by atoms with Crippen molar-refractivity contribution < 1.29 is 37.0 Å². The van der Waals surface area contributed by atoms with Crippen LogP contribution in [0.2, 0.25) is 0 Å². The molecule has 4 rings (SSSR count). The van der Waals surface area contributed by atoms with Crippen molar-refractivity contribution in [3.63, 3.8) is 0 Å². The van der Waals surface area contributed by atoms with Crippen molar-refractivity contribution in [1.29, 1.82) is 0 Å². The topological polar surface area (TPSA) is 141 Å². The van der Waals surface area contributed by atoms with Crippen molar-refractivity contribution >= 4 is 33.4 Å². The molecule has 2 fully saturated rings. The molecule has 0 radical (unpaired) electrons. The number of anilines is 2. The zero-order valence-electron chi connectivity index (χ0n) is 18.5. The minimum absolute atomic E-state index is 0.0368. The SMILES string of the molecule is COc1ccc(NC(=O)O[C@@H]2CO[C@H]3[C@H]2OC[C@H]3NS(=O)(=O)c2ccc(NC(C)=O)cc2)cc1. The Morgan fingerprint density at radius 1 is 0.912 bits per heavy atom. The highest BCUT2D eigenvalue weighted by molar-refractivity contribution is 7.89. The molecule has 2 saturated heterocycles.